The molecule has 0 aromatic heterocycles. The molecule has 2 heterocycles. The Morgan fingerprint density at radius 2 is 1.15 bits per heavy atom. The second-order valence-electron chi connectivity index (χ2n) is 8.85. The van der Waals surface area contributed by atoms with Gasteiger partial charge in [0.1, 0.15) is 48.8 Å². The molecular weight excluding hydrogens is 440 g/mol. The Morgan fingerprint density at radius 3 is 1.76 bits per heavy atom. The number of hydrogen-bond acceptors (Lipinski definition) is 11. The third-order valence-electron chi connectivity index (χ3n) is 6.24. The van der Waals surface area contributed by atoms with Crippen LogP contribution in [-0.4, -0.2) is 117 Å². The maximum absolute atomic E-state index is 10.6. The molecular formula is C22H42O11. The van der Waals surface area contributed by atoms with Crippen LogP contribution in [0.25, 0.3) is 0 Å². The van der Waals surface area contributed by atoms with E-state index in [1.54, 1.807) is 0 Å². The molecule has 0 bridgehead atoms. The van der Waals surface area contributed by atoms with Gasteiger partial charge in [-0.05, 0) is 6.42 Å². The third kappa shape index (κ3) is 8.04. The van der Waals surface area contributed by atoms with Gasteiger partial charge in [-0.2, -0.15) is 0 Å². The molecule has 33 heavy (non-hydrogen) atoms. The fourth-order valence-electron chi connectivity index (χ4n) is 4.13. The summed E-state index contributed by atoms with van der Waals surface area (Å²) in [7, 11) is 0. The molecule has 0 unspecified atom stereocenters. The summed E-state index contributed by atoms with van der Waals surface area (Å²) < 4.78 is 22.0. The highest BCUT2D eigenvalue weighted by Crippen LogP contribution is 2.29. The van der Waals surface area contributed by atoms with Crippen molar-refractivity contribution < 1.29 is 54.7 Å². The Bertz CT molecular complexity index is 521. The molecule has 11 heteroatoms. The fraction of sp³-hybridized carbons (Fsp3) is 1.00. The average Bonchev–Trinajstić information content (AvgIpc) is 2.82. The molecule has 2 rings (SSSR count). The van der Waals surface area contributed by atoms with Crippen LogP contribution in [0.3, 0.4) is 0 Å². The van der Waals surface area contributed by atoms with Crippen molar-refractivity contribution in [3.05, 3.63) is 0 Å². The Balaban J connectivity index is 1.82. The van der Waals surface area contributed by atoms with Crippen LogP contribution >= 0.6 is 0 Å². The smallest absolute Gasteiger partial charge is 0.187 e. The summed E-state index contributed by atoms with van der Waals surface area (Å²) in [5.41, 5.74) is 0. The topological polar surface area (TPSA) is 179 Å². The second kappa shape index (κ2) is 14.8. The van der Waals surface area contributed by atoms with Gasteiger partial charge in [-0.25, -0.2) is 0 Å². The summed E-state index contributed by atoms with van der Waals surface area (Å²) in [6.07, 6.45) is -5.35. The first-order chi connectivity index (χ1) is 15.8. The molecule has 2 aliphatic rings. The van der Waals surface area contributed by atoms with Gasteiger partial charge < -0.3 is 54.7 Å². The standard InChI is InChI=1S/C22H42O11/c1-2-3-4-5-6-7-8-9-10-30-21-19(29)17(27)20(14(12-24)32-21)33-22-18(28)16(26)15(25)13(11-23)31-22/h13-29H,2-12H2,1H3/t13-,14-,15-,16+,17-,18+,19-,20-,21-,22-/m1/s1. The van der Waals surface area contributed by atoms with Crippen LogP contribution in [0.5, 0.6) is 0 Å². The first kappa shape index (κ1) is 28.8. The number of ether oxygens (including phenoxy) is 4. The van der Waals surface area contributed by atoms with Crippen molar-refractivity contribution in [1.82, 2.24) is 0 Å². The molecule has 0 aromatic rings. The molecule has 2 fully saturated rings. The molecule has 7 N–H and O–H groups in total. The number of aliphatic hydroxyl groups is 7. The molecule has 0 spiro atoms. The summed E-state index contributed by atoms with van der Waals surface area (Å²) in [6.45, 7) is 1.28. The van der Waals surface area contributed by atoms with Gasteiger partial charge in [0.2, 0.25) is 0 Å². The van der Waals surface area contributed by atoms with Crippen molar-refractivity contribution in [2.75, 3.05) is 19.8 Å². The van der Waals surface area contributed by atoms with Crippen molar-refractivity contribution >= 4 is 0 Å². The Kier molecular flexibility index (Phi) is 13.0. The molecule has 0 radical (unpaired) electrons. The largest absolute Gasteiger partial charge is 0.394 e. The van der Waals surface area contributed by atoms with E-state index in [9.17, 15) is 35.7 Å². The van der Waals surface area contributed by atoms with E-state index >= 15 is 0 Å². The second-order valence-corrected chi connectivity index (χ2v) is 8.85. The van der Waals surface area contributed by atoms with Crippen LogP contribution in [0.4, 0.5) is 0 Å². The van der Waals surface area contributed by atoms with Gasteiger partial charge in [-0.15, -0.1) is 0 Å². The highest BCUT2D eigenvalue weighted by molar-refractivity contribution is 4.94. The molecule has 196 valence electrons. The van der Waals surface area contributed by atoms with E-state index in [0.717, 1.165) is 19.3 Å². The zero-order valence-electron chi connectivity index (χ0n) is 19.3. The average molecular weight is 483 g/mol. The van der Waals surface area contributed by atoms with Gasteiger partial charge in [0.15, 0.2) is 12.6 Å². The van der Waals surface area contributed by atoms with Crippen LogP contribution in [0, 0.1) is 0 Å². The quantitative estimate of drug-likeness (QED) is 0.147. The lowest BCUT2D eigenvalue weighted by Gasteiger charge is -2.45. The minimum Gasteiger partial charge on any atom is -0.394 e. The minimum absolute atomic E-state index is 0.319. The van der Waals surface area contributed by atoms with Crippen molar-refractivity contribution in [2.45, 2.75) is 120 Å². The number of unbranched alkanes of at least 4 members (excludes halogenated alkanes) is 7. The van der Waals surface area contributed by atoms with Gasteiger partial charge >= 0.3 is 0 Å². The van der Waals surface area contributed by atoms with Gasteiger partial charge in [-0.1, -0.05) is 51.9 Å². The predicted molar refractivity (Wildman–Crippen MR) is 115 cm³/mol. The monoisotopic (exact) mass is 482 g/mol. The third-order valence-corrected chi connectivity index (χ3v) is 6.24. The van der Waals surface area contributed by atoms with Crippen molar-refractivity contribution in [3.63, 3.8) is 0 Å². The molecule has 0 saturated carbocycles. The van der Waals surface area contributed by atoms with E-state index in [-0.39, 0.29) is 0 Å². The van der Waals surface area contributed by atoms with Gasteiger partial charge in [0.25, 0.3) is 0 Å². The highest BCUT2D eigenvalue weighted by Gasteiger charge is 2.50. The van der Waals surface area contributed by atoms with E-state index in [1.807, 2.05) is 0 Å². The molecule has 0 amide bonds. The summed E-state index contributed by atoms with van der Waals surface area (Å²) >= 11 is 0. The molecule has 0 aliphatic carbocycles. The van der Waals surface area contributed by atoms with Crippen LogP contribution in [0.1, 0.15) is 58.3 Å². The number of hydrogen-bond donors (Lipinski definition) is 7. The van der Waals surface area contributed by atoms with E-state index in [1.165, 1.54) is 32.1 Å². The molecule has 10 atom stereocenters. The summed E-state index contributed by atoms with van der Waals surface area (Å²) in [5, 5.41) is 69.9. The van der Waals surface area contributed by atoms with E-state index < -0.39 is 74.6 Å². The lowest BCUT2D eigenvalue weighted by Crippen LogP contribution is -2.64. The normalized spacial score (nSPS) is 39.6. The Morgan fingerprint density at radius 1 is 0.606 bits per heavy atom. The lowest BCUT2D eigenvalue weighted by molar-refractivity contribution is -0.359. The van der Waals surface area contributed by atoms with Crippen molar-refractivity contribution in [3.8, 4) is 0 Å². The maximum atomic E-state index is 10.6. The van der Waals surface area contributed by atoms with Crippen molar-refractivity contribution in [2.24, 2.45) is 0 Å². The maximum Gasteiger partial charge on any atom is 0.187 e. The number of rotatable bonds is 14. The van der Waals surface area contributed by atoms with Gasteiger partial charge in [-0.3, -0.25) is 0 Å². The van der Waals surface area contributed by atoms with E-state index in [4.69, 9.17) is 18.9 Å². The van der Waals surface area contributed by atoms with Gasteiger partial charge in [0, 0.05) is 6.61 Å². The lowest BCUT2D eigenvalue weighted by atomic mass is 9.97. The Hall–Kier alpha value is -0.440. The zero-order valence-corrected chi connectivity index (χ0v) is 19.3. The zero-order chi connectivity index (χ0) is 24.4. The summed E-state index contributed by atoms with van der Waals surface area (Å²) in [5.74, 6) is 0. The first-order valence-electron chi connectivity index (χ1n) is 12.1. The summed E-state index contributed by atoms with van der Waals surface area (Å²) in [6, 6.07) is 0. The molecule has 11 nitrogen and oxygen atoms in total. The Labute approximate surface area is 194 Å². The van der Waals surface area contributed by atoms with Crippen LogP contribution < -0.4 is 0 Å². The predicted octanol–water partition coefficient (Wildman–Crippen LogP) is -1.23. The SMILES string of the molecule is CCCCCCCCCCO[C@@H]1O[C@H](CO)[C@@H](O[C@H]2O[C@H](CO)[C@@H](O)[C@H](O)[C@@H]2O)[C@H](O)[C@H]1O. The molecule has 2 saturated heterocycles. The minimum atomic E-state index is -1.69. The highest BCUT2D eigenvalue weighted by atomic mass is 16.7. The van der Waals surface area contributed by atoms with E-state index in [2.05, 4.69) is 6.92 Å². The van der Waals surface area contributed by atoms with Crippen LogP contribution in [0.2, 0.25) is 0 Å². The molecule has 2 aliphatic heterocycles. The summed E-state index contributed by atoms with van der Waals surface area (Å²) in [4.78, 5) is 0. The van der Waals surface area contributed by atoms with Crippen molar-refractivity contribution in [1.29, 1.82) is 0 Å². The fourth-order valence-corrected chi connectivity index (χ4v) is 4.13. The van der Waals surface area contributed by atoms with Crippen LogP contribution in [-0.2, 0) is 18.9 Å². The van der Waals surface area contributed by atoms with Gasteiger partial charge in [0.05, 0.1) is 13.2 Å². The first-order valence-corrected chi connectivity index (χ1v) is 12.1. The number of aliphatic hydroxyl groups excluding tert-OH is 7. The van der Waals surface area contributed by atoms with Crippen LogP contribution in [0.15, 0.2) is 0 Å². The van der Waals surface area contributed by atoms with E-state index in [0.29, 0.717) is 6.61 Å². The molecule has 0 aromatic carbocycles.